The van der Waals surface area contributed by atoms with Crippen molar-refractivity contribution in [3.8, 4) is 0 Å². The van der Waals surface area contributed by atoms with Crippen molar-refractivity contribution in [3.05, 3.63) is 90.0 Å². The second-order valence-corrected chi connectivity index (χ2v) is 7.57. The molecule has 0 heterocycles. The van der Waals surface area contributed by atoms with Crippen LogP contribution in [-0.4, -0.2) is 0 Å². The number of rotatable bonds is 3. The summed E-state index contributed by atoms with van der Waals surface area (Å²) in [5, 5.41) is 0. The molecule has 3 rings (SSSR count). The van der Waals surface area contributed by atoms with Crippen LogP contribution in [0.4, 0.5) is 26.3 Å². The van der Waals surface area contributed by atoms with Crippen LogP contribution in [0.3, 0.4) is 0 Å². The molecule has 0 nitrogen and oxygen atoms in total. The Hall–Kier alpha value is -2.41. The van der Waals surface area contributed by atoms with Gasteiger partial charge >= 0.3 is 12.4 Å². The average Bonchev–Trinajstić information content (AvgIpc) is 2.62. The van der Waals surface area contributed by atoms with Gasteiger partial charge in [0, 0.05) is 0 Å². The molecule has 0 saturated carbocycles. The maximum Gasteiger partial charge on any atom is 0.421 e. The maximum absolute atomic E-state index is 13.6. The van der Waals surface area contributed by atoms with Crippen molar-refractivity contribution in [3.63, 3.8) is 0 Å². The first-order valence-electron chi connectivity index (χ1n) is 7.81. The molecule has 0 aliphatic rings. The smallest absolute Gasteiger partial charge is 0.166 e. The second kappa shape index (κ2) is 7.31. The predicted molar refractivity (Wildman–Crippen MR) is 91.5 cm³/mol. The van der Waals surface area contributed by atoms with Crippen molar-refractivity contribution in [1.82, 2.24) is 0 Å². The van der Waals surface area contributed by atoms with Crippen LogP contribution in [0.25, 0.3) is 0 Å². The highest BCUT2D eigenvalue weighted by Crippen LogP contribution is 2.44. The largest absolute Gasteiger partial charge is 0.421 e. The van der Waals surface area contributed by atoms with Crippen molar-refractivity contribution in [2.24, 2.45) is 0 Å². The lowest BCUT2D eigenvalue weighted by atomic mass is 10.2. The van der Waals surface area contributed by atoms with E-state index < -0.39 is 34.4 Å². The minimum Gasteiger partial charge on any atom is -0.166 e. The van der Waals surface area contributed by atoms with Gasteiger partial charge in [-0.1, -0.05) is 42.5 Å². The summed E-state index contributed by atoms with van der Waals surface area (Å²) in [6.07, 6.45) is -9.35. The number of hydrogen-bond acceptors (Lipinski definition) is 0. The van der Waals surface area contributed by atoms with E-state index in [1.807, 2.05) is 0 Å². The van der Waals surface area contributed by atoms with E-state index in [9.17, 15) is 26.3 Å². The summed E-state index contributed by atoms with van der Waals surface area (Å²) in [5.74, 6) is 0. The molecule has 0 fully saturated rings. The van der Waals surface area contributed by atoms with Gasteiger partial charge in [0.15, 0.2) is 14.7 Å². The number of hydrogen-bond donors (Lipinski definition) is 0. The summed E-state index contributed by atoms with van der Waals surface area (Å²) >= 11 is 0. The van der Waals surface area contributed by atoms with Gasteiger partial charge in [0.05, 0.1) is 0 Å². The predicted octanol–water partition coefficient (Wildman–Crippen LogP) is 6.82. The summed E-state index contributed by atoms with van der Waals surface area (Å²) in [7, 11) is -1.57. The van der Waals surface area contributed by atoms with Crippen LogP contribution in [0.1, 0.15) is 11.1 Å². The Morgan fingerprint density at radius 3 is 1.26 bits per heavy atom. The summed E-state index contributed by atoms with van der Waals surface area (Å²) < 4.78 is 81.3. The molecule has 3 aromatic carbocycles. The third-order valence-electron chi connectivity index (χ3n) is 3.80. The SMILES string of the molecule is FC(F)(F)c1ccccc1[S+](c1ccccc1)c1ccccc1C(F)(F)F. The average molecular weight is 399 g/mol. The molecule has 0 unspecified atom stereocenters. The maximum atomic E-state index is 13.6. The molecule has 0 radical (unpaired) electrons. The van der Waals surface area contributed by atoms with E-state index in [1.54, 1.807) is 30.3 Å². The van der Waals surface area contributed by atoms with Crippen LogP contribution in [0.15, 0.2) is 93.5 Å². The first-order valence-corrected chi connectivity index (χ1v) is 9.04. The fourth-order valence-electron chi connectivity index (χ4n) is 2.69. The fourth-order valence-corrected chi connectivity index (χ4v) is 5.10. The molecule has 3 aromatic rings. The Morgan fingerprint density at radius 1 is 0.481 bits per heavy atom. The molecule has 0 aliphatic carbocycles. The fraction of sp³-hybridized carbons (Fsp3) is 0.100. The molecule has 0 N–H and O–H groups in total. The van der Waals surface area contributed by atoms with E-state index in [4.69, 9.17) is 0 Å². The topological polar surface area (TPSA) is 0 Å². The van der Waals surface area contributed by atoms with Gasteiger partial charge in [-0.05, 0) is 36.4 Å². The van der Waals surface area contributed by atoms with Crippen LogP contribution >= 0.6 is 0 Å². The summed E-state index contributed by atoms with van der Waals surface area (Å²) in [4.78, 5) is 0.00620. The van der Waals surface area contributed by atoms with Crippen molar-refractivity contribution < 1.29 is 26.3 Å². The molecule has 0 amide bonds. The normalized spacial score (nSPS) is 12.4. The molecule has 0 spiro atoms. The summed E-state index contributed by atoms with van der Waals surface area (Å²) in [6.45, 7) is 0. The molecule has 0 aliphatic heterocycles. The molecule has 140 valence electrons. The van der Waals surface area contributed by atoms with E-state index >= 15 is 0 Å². The molecule has 0 aromatic heterocycles. The van der Waals surface area contributed by atoms with Gasteiger partial charge in [-0.3, -0.25) is 0 Å². The molecular formula is C20H13F6S+. The lowest BCUT2D eigenvalue weighted by Gasteiger charge is -2.16. The minimum atomic E-state index is -4.68. The van der Waals surface area contributed by atoms with Gasteiger partial charge in [0.2, 0.25) is 0 Å². The van der Waals surface area contributed by atoms with Gasteiger partial charge < -0.3 is 0 Å². The Morgan fingerprint density at radius 2 is 0.852 bits per heavy atom. The van der Waals surface area contributed by atoms with E-state index in [0.29, 0.717) is 4.90 Å². The van der Waals surface area contributed by atoms with E-state index in [0.717, 1.165) is 12.1 Å². The minimum absolute atomic E-state index is 0.187. The van der Waals surface area contributed by atoms with E-state index in [-0.39, 0.29) is 9.79 Å². The van der Waals surface area contributed by atoms with E-state index in [2.05, 4.69) is 0 Å². The third-order valence-corrected chi connectivity index (χ3v) is 6.14. The lowest BCUT2D eigenvalue weighted by molar-refractivity contribution is -0.140. The van der Waals surface area contributed by atoms with Gasteiger partial charge in [-0.2, -0.15) is 26.3 Å². The zero-order chi connectivity index (χ0) is 19.7. The van der Waals surface area contributed by atoms with Crippen molar-refractivity contribution >= 4 is 10.9 Å². The highest BCUT2D eigenvalue weighted by Gasteiger charge is 2.45. The highest BCUT2D eigenvalue weighted by atomic mass is 32.2. The Balaban J connectivity index is 2.32. The van der Waals surface area contributed by atoms with Gasteiger partial charge in [-0.15, -0.1) is 0 Å². The summed E-state index contributed by atoms with van der Waals surface area (Å²) in [6, 6.07) is 17.5. The van der Waals surface area contributed by atoms with Gasteiger partial charge in [0.1, 0.15) is 22.0 Å². The molecule has 0 bridgehead atoms. The molecule has 0 atom stereocenters. The van der Waals surface area contributed by atoms with E-state index in [1.165, 1.54) is 36.4 Å². The molecular weight excluding hydrogens is 386 g/mol. The van der Waals surface area contributed by atoms with Gasteiger partial charge in [-0.25, -0.2) is 0 Å². The molecule has 0 saturated heterocycles. The third kappa shape index (κ3) is 4.13. The van der Waals surface area contributed by atoms with Crippen molar-refractivity contribution in [2.75, 3.05) is 0 Å². The van der Waals surface area contributed by atoms with Crippen molar-refractivity contribution in [1.29, 1.82) is 0 Å². The number of alkyl halides is 6. The zero-order valence-corrected chi connectivity index (χ0v) is 14.5. The lowest BCUT2D eigenvalue weighted by Crippen LogP contribution is -2.18. The van der Waals surface area contributed by atoms with Crippen LogP contribution in [-0.2, 0) is 23.2 Å². The number of halogens is 6. The van der Waals surface area contributed by atoms with Crippen LogP contribution in [0.5, 0.6) is 0 Å². The Labute approximate surface area is 154 Å². The zero-order valence-electron chi connectivity index (χ0n) is 13.7. The second-order valence-electron chi connectivity index (χ2n) is 5.61. The Kier molecular flexibility index (Phi) is 5.24. The van der Waals surface area contributed by atoms with Crippen LogP contribution in [0.2, 0.25) is 0 Å². The molecule has 7 heteroatoms. The van der Waals surface area contributed by atoms with Crippen LogP contribution < -0.4 is 0 Å². The first kappa shape index (κ1) is 19.4. The Bertz CT molecular complexity index is 858. The van der Waals surface area contributed by atoms with Crippen LogP contribution in [0, 0.1) is 0 Å². The van der Waals surface area contributed by atoms with Crippen molar-refractivity contribution in [2.45, 2.75) is 27.0 Å². The summed E-state index contributed by atoms with van der Waals surface area (Å²) in [5.41, 5.74) is -1.87. The first-order chi connectivity index (χ1) is 12.7. The number of benzene rings is 3. The molecule has 27 heavy (non-hydrogen) atoms. The highest BCUT2D eigenvalue weighted by molar-refractivity contribution is 7.97. The quantitative estimate of drug-likeness (QED) is 0.335. The van der Waals surface area contributed by atoms with Gasteiger partial charge in [0.25, 0.3) is 0 Å². The monoisotopic (exact) mass is 399 g/mol. The standard InChI is InChI=1S/C20H13F6S/c21-19(22,23)15-10-4-6-12-17(15)27(14-8-2-1-3-9-14)18-13-7-5-11-16(18)20(24,25)26/h1-13H/q+1.